The summed E-state index contributed by atoms with van der Waals surface area (Å²) in [5, 5.41) is 0. The van der Waals surface area contributed by atoms with Crippen LogP contribution in [0.3, 0.4) is 0 Å². The summed E-state index contributed by atoms with van der Waals surface area (Å²) in [6.07, 6.45) is 1.69. The highest BCUT2D eigenvalue weighted by molar-refractivity contribution is 5.62. The van der Waals surface area contributed by atoms with Gasteiger partial charge in [0.15, 0.2) is 0 Å². The van der Waals surface area contributed by atoms with Crippen molar-refractivity contribution in [2.45, 2.75) is 0 Å². The van der Waals surface area contributed by atoms with Crippen LogP contribution in [0.4, 0.5) is 0 Å². The van der Waals surface area contributed by atoms with Gasteiger partial charge in [-0.1, -0.05) is 48.5 Å². The minimum Gasteiger partial charge on any atom is -0.444 e. The Morgan fingerprint density at radius 3 is 1.94 bits per heavy atom. The maximum Gasteiger partial charge on any atom is 0.226 e. The van der Waals surface area contributed by atoms with E-state index in [4.69, 9.17) is 4.42 Å². The van der Waals surface area contributed by atoms with Gasteiger partial charge in [0.1, 0.15) is 12.0 Å². The van der Waals surface area contributed by atoms with Gasteiger partial charge in [-0.15, -0.1) is 0 Å². The van der Waals surface area contributed by atoms with Crippen molar-refractivity contribution < 1.29 is 4.42 Å². The van der Waals surface area contributed by atoms with E-state index in [0.29, 0.717) is 5.89 Å². The molecule has 2 aromatic carbocycles. The summed E-state index contributed by atoms with van der Waals surface area (Å²) in [6, 6.07) is 19.9. The van der Waals surface area contributed by atoms with Crippen molar-refractivity contribution in [2.75, 3.05) is 0 Å². The molecule has 3 aromatic rings. The van der Waals surface area contributed by atoms with Gasteiger partial charge in [0.25, 0.3) is 0 Å². The molecule has 2 heteroatoms. The second-order valence-electron chi connectivity index (χ2n) is 3.77. The number of rotatable bonds is 2. The van der Waals surface area contributed by atoms with Gasteiger partial charge < -0.3 is 4.42 Å². The van der Waals surface area contributed by atoms with Crippen LogP contribution in [0.15, 0.2) is 71.3 Å². The first-order valence-corrected chi connectivity index (χ1v) is 5.50. The molecular formula is C15H11NO. The zero-order valence-corrected chi connectivity index (χ0v) is 9.21. The first-order valence-electron chi connectivity index (χ1n) is 5.50. The Hall–Kier alpha value is -2.35. The Labute approximate surface area is 99.6 Å². The van der Waals surface area contributed by atoms with Crippen LogP contribution < -0.4 is 0 Å². The van der Waals surface area contributed by atoms with E-state index in [-0.39, 0.29) is 0 Å². The highest BCUT2D eigenvalue weighted by Gasteiger charge is 2.06. The minimum atomic E-state index is 0.657. The molecule has 1 aromatic heterocycles. The van der Waals surface area contributed by atoms with Crippen molar-refractivity contribution in [3.63, 3.8) is 0 Å². The lowest BCUT2D eigenvalue weighted by molar-refractivity contribution is 0.575. The van der Waals surface area contributed by atoms with Crippen LogP contribution in [0.5, 0.6) is 0 Å². The van der Waals surface area contributed by atoms with Gasteiger partial charge in [0.05, 0.1) is 0 Å². The first-order chi connectivity index (χ1) is 8.43. The average molecular weight is 222 g/mol. The molecule has 3 rings (SSSR count). The summed E-state index contributed by atoms with van der Waals surface area (Å²) >= 11 is 0. The van der Waals surface area contributed by atoms with Crippen LogP contribution in [0, 0.1) is 0 Å². The third-order valence-electron chi connectivity index (χ3n) is 2.59. The lowest BCUT2D eigenvalue weighted by Crippen LogP contribution is -1.78. The SMILES string of the molecule is c1ccc(-c2n[13c](-c3ccccc3)co2)cc1. The van der Waals surface area contributed by atoms with Gasteiger partial charge in [-0.2, -0.15) is 0 Å². The molecule has 0 aliphatic rings. The van der Waals surface area contributed by atoms with Gasteiger partial charge >= 0.3 is 0 Å². The zero-order chi connectivity index (χ0) is 11.5. The van der Waals surface area contributed by atoms with E-state index >= 15 is 0 Å². The predicted molar refractivity (Wildman–Crippen MR) is 67.4 cm³/mol. The van der Waals surface area contributed by atoms with E-state index in [0.717, 1.165) is 16.8 Å². The number of hydrogen-bond acceptors (Lipinski definition) is 2. The molecule has 0 amide bonds. The molecule has 2 nitrogen and oxygen atoms in total. The average Bonchev–Trinajstić information content (AvgIpc) is 2.90. The van der Waals surface area contributed by atoms with Crippen LogP contribution in [0.25, 0.3) is 22.7 Å². The van der Waals surface area contributed by atoms with E-state index in [1.807, 2.05) is 60.7 Å². The highest BCUT2D eigenvalue weighted by atomic mass is 16.3. The molecule has 0 saturated heterocycles. The molecule has 0 radical (unpaired) electrons. The third kappa shape index (κ3) is 1.97. The monoisotopic (exact) mass is 222 g/mol. The van der Waals surface area contributed by atoms with Crippen LogP contribution in [0.2, 0.25) is 0 Å². The molecular weight excluding hydrogens is 211 g/mol. The largest absolute Gasteiger partial charge is 0.444 e. The van der Waals surface area contributed by atoms with Crippen molar-refractivity contribution >= 4 is 0 Å². The lowest BCUT2D eigenvalue weighted by Gasteiger charge is -1.93. The Kier molecular flexibility index (Phi) is 2.47. The van der Waals surface area contributed by atoms with E-state index in [1.54, 1.807) is 6.26 Å². The maximum absolute atomic E-state index is 5.49. The summed E-state index contributed by atoms with van der Waals surface area (Å²) in [7, 11) is 0. The highest BCUT2D eigenvalue weighted by Crippen LogP contribution is 2.23. The lowest BCUT2D eigenvalue weighted by atomic mass is 10.2. The van der Waals surface area contributed by atoms with E-state index in [9.17, 15) is 0 Å². The number of hydrogen-bond donors (Lipinski definition) is 0. The Morgan fingerprint density at radius 2 is 1.29 bits per heavy atom. The van der Waals surface area contributed by atoms with E-state index in [1.165, 1.54) is 0 Å². The molecule has 0 N–H and O–H groups in total. The second-order valence-corrected chi connectivity index (χ2v) is 3.77. The summed E-state index contributed by atoms with van der Waals surface area (Å²) in [4.78, 5) is 4.48. The van der Waals surface area contributed by atoms with Crippen LogP contribution in [0.1, 0.15) is 0 Å². The molecule has 0 aliphatic carbocycles. The number of benzene rings is 2. The second kappa shape index (κ2) is 4.26. The molecule has 82 valence electrons. The van der Waals surface area contributed by atoms with Crippen molar-refractivity contribution in [2.24, 2.45) is 0 Å². The van der Waals surface area contributed by atoms with E-state index < -0.39 is 0 Å². The van der Waals surface area contributed by atoms with E-state index in [2.05, 4.69) is 4.98 Å². The Bertz CT molecular complexity index is 545. The Morgan fingerprint density at radius 1 is 0.706 bits per heavy atom. The molecule has 0 saturated carbocycles. The standard InChI is InChI=1S/C15H11NO/c1-3-7-12(8-4-1)14-11-17-15(16-14)13-9-5-2-6-10-13/h1-11H/i14+1. The molecule has 0 unspecified atom stereocenters. The van der Waals surface area contributed by atoms with Crippen LogP contribution in [-0.4, -0.2) is 4.98 Å². The topological polar surface area (TPSA) is 26.0 Å². The summed E-state index contributed by atoms with van der Waals surface area (Å²) < 4.78 is 5.49. The van der Waals surface area contributed by atoms with Crippen molar-refractivity contribution in [3.05, 3.63) is 66.9 Å². The van der Waals surface area contributed by atoms with Crippen molar-refractivity contribution in [1.82, 2.24) is 4.98 Å². The maximum atomic E-state index is 5.49. The quantitative estimate of drug-likeness (QED) is 0.654. The van der Waals surface area contributed by atoms with Crippen LogP contribution >= 0.6 is 0 Å². The molecule has 0 spiro atoms. The molecule has 0 fully saturated rings. The van der Waals surface area contributed by atoms with Gasteiger partial charge in [-0.25, -0.2) is 4.98 Å². The number of aromatic nitrogens is 1. The summed E-state index contributed by atoms with van der Waals surface area (Å²) in [5.74, 6) is 0.657. The fourth-order valence-corrected chi connectivity index (χ4v) is 1.73. The third-order valence-corrected chi connectivity index (χ3v) is 2.59. The molecule has 1 heterocycles. The summed E-state index contributed by atoms with van der Waals surface area (Å²) in [5.41, 5.74) is 2.93. The van der Waals surface area contributed by atoms with Gasteiger partial charge in [-0.3, -0.25) is 0 Å². The molecule has 17 heavy (non-hydrogen) atoms. The molecule has 0 atom stereocenters. The molecule has 0 aliphatic heterocycles. The fraction of sp³-hybridized carbons (Fsp3) is 0. The minimum absolute atomic E-state index is 0.657. The van der Waals surface area contributed by atoms with Crippen molar-refractivity contribution in [3.8, 4) is 22.7 Å². The first kappa shape index (κ1) is 9.85. The van der Waals surface area contributed by atoms with Crippen molar-refractivity contribution in [1.29, 1.82) is 0 Å². The fourth-order valence-electron chi connectivity index (χ4n) is 1.73. The van der Waals surface area contributed by atoms with Gasteiger partial charge in [0, 0.05) is 11.1 Å². The molecule has 0 bridgehead atoms. The normalized spacial score (nSPS) is 10.4. The Balaban J connectivity index is 1.99. The van der Waals surface area contributed by atoms with Gasteiger partial charge in [-0.05, 0) is 12.1 Å². The van der Waals surface area contributed by atoms with Crippen LogP contribution in [-0.2, 0) is 0 Å². The number of nitrogens with zero attached hydrogens (tertiary/aromatic N) is 1. The summed E-state index contributed by atoms with van der Waals surface area (Å²) in [6.45, 7) is 0. The zero-order valence-electron chi connectivity index (χ0n) is 9.21. The van der Waals surface area contributed by atoms with Gasteiger partial charge in [0.2, 0.25) is 5.89 Å². The predicted octanol–water partition coefficient (Wildman–Crippen LogP) is 4.01. The smallest absolute Gasteiger partial charge is 0.226 e. The number of oxazole rings is 1.